The smallest absolute Gasteiger partial charge is 0.207 e. The minimum Gasteiger partial charge on any atom is -0.207 e. The number of alkyl halides is 2. The Morgan fingerprint density at radius 3 is 2.64 bits per heavy atom. The molecule has 1 fully saturated rings. The zero-order chi connectivity index (χ0) is 8.32. The molecule has 1 aliphatic rings. The monoisotopic (exact) mass is 161 g/mol. The summed E-state index contributed by atoms with van der Waals surface area (Å²) in [6.45, 7) is -0.694. The van der Waals surface area contributed by atoms with Gasteiger partial charge in [-0.3, -0.25) is 0 Å². The fourth-order valence-electron chi connectivity index (χ4n) is 0.944. The van der Waals surface area contributed by atoms with Gasteiger partial charge in [-0.1, -0.05) is 5.11 Å². The Hall–Kier alpha value is -0.830. The van der Waals surface area contributed by atoms with Gasteiger partial charge in [0, 0.05) is 11.3 Å². The first-order chi connectivity index (χ1) is 5.14. The van der Waals surface area contributed by atoms with Crippen molar-refractivity contribution in [1.29, 1.82) is 0 Å². The highest BCUT2D eigenvalue weighted by Crippen LogP contribution is 2.38. The van der Waals surface area contributed by atoms with E-state index in [-0.39, 0.29) is 12.3 Å². The molecule has 0 N–H and O–H groups in total. The van der Waals surface area contributed by atoms with Crippen molar-refractivity contribution < 1.29 is 8.78 Å². The van der Waals surface area contributed by atoms with Crippen LogP contribution in [0, 0.1) is 5.92 Å². The second-order valence-electron chi connectivity index (χ2n) is 2.89. The van der Waals surface area contributed by atoms with Crippen LogP contribution in [0.2, 0.25) is 0 Å². The van der Waals surface area contributed by atoms with Crippen molar-refractivity contribution in [3.63, 3.8) is 0 Å². The lowest BCUT2D eigenvalue weighted by Gasteiger charge is -2.11. The SMILES string of the molecule is [N-]=[N+]=NCC(F)(F)CC1CC1. The fourth-order valence-corrected chi connectivity index (χ4v) is 0.944. The number of hydrogen-bond donors (Lipinski definition) is 0. The van der Waals surface area contributed by atoms with E-state index in [1.807, 2.05) is 0 Å². The Kier molecular flexibility index (Phi) is 2.29. The molecule has 0 aliphatic heterocycles. The predicted molar refractivity (Wildman–Crippen MR) is 36.3 cm³/mol. The van der Waals surface area contributed by atoms with Crippen molar-refractivity contribution >= 4 is 0 Å². The molecule has 0 unspecified atom stereocenters. The van der Waals surface area contributed by atoms with Gasteiger partial charge in [-0.15, -0.1) is 0 Å². The van der Waals surface area contributed by atoms with E-state index in [0.29, 0.717) is 0 Å². The molecule has 0 aromatic carbocycles. The molecule has 0 bridgehead atoms. The van der Waals surface area contributed by atoms with Gasteiger partial charge in [-0.25, -0.2) is 8.78 Å². The third-order valence-corrected chi connectivity index (χ3v) is 1.65. The van der Waals surface area contributed by atoms with Gasteiger partial charge in [0.1, 0.15) is 0 Å². The number of halogens is 2. The largest absolute Gasteiger partial charge is 0.254 e. The van der Waals surface area contributed by atoms with Crippen molar-refractivity contribution in [2.24, 2.45) is 11.0 Å². The Bertz CT molecular complexity index is 182. The van der Waals surface area contributed by atoms with Gasteiger partial charge in [0.2, 0.25) is 0 Å². The number of rotatable bonds is 4. The van der Waals surface area contributed by atoms with Gasteiger partial charge in [0.05, 0.1) is 6.54 Å². The van der Waals surface area contributed by atoms with Crippen LogP contribution in [0.1, 0.15) is 19.3 Å². The van der Waals surface area contributed by atoms with E-state index < -0.39 is 12.5 Å². The lowest BCUT2D eigenvalue weighted by atomic mass is 10.2. The molecule has 5 heteroatoms. The van der Waals surface area contributed by atoms with E-state index in [9.17, 15) is 8.78 Å². The molecule has 1 aliphatic carbocycles. The zero-order valence-corrected chi connectivity index (χ0v) is 6.00. The summed E-state index contributed by atoms with van der Waals surface area (Å²) < 4.78 is 25.3. The maximum absolute atomic E-state index is 12.6. The van der Waals surface area contributed by atoms with Crippen LogP contribution in [0.15, 0.2) is 5.11 Å². The molecular weight excluding hydrogens is 152 g/mol. The molecule has 3 nitrogen and oxygen atoms in total. The highest BCUT2D eigenvalue weighted by molar-refractivity contribution is 4.81. The van der Waals surface area contributed by atoms with Crippen LogP contribution < -0.4 is 0 Å². The first kappa shape index (κ1) is 8.27. The molecule has 62 valence electrons. The van der Waals surface area contributed by atoms with Crippen molar-refractivity contribution in [1.82, 2.24) is 0 Å². The molecule has 0 radical (unpaired) electrons. The van der Waals surface area contributed by atoms with E-state index in [0.717, 1.165) is 12.8 Å². The van der Waals surface area contributed by atoms with Crippen LogP contribution >= 0.6 is 0 Å². The van der Waals surface area contributed by atoms with Crippen LogP contribution in [-0.4, -0.2) is 12.5 Å². The second kappa shape index (κ2) is 3.05. The van der Waals surface area contributed by atoms with E-state index in [2.05, 4.69) is 10.0 Å². The maximum Gasteiger partial charge on any atom is 0.254 e. The van der Waals surface area contributed by atoms with Crippen LogP contribution in [0.3, 0.4) is 0 Å². The Morgan fingerprint density at radius 2 is 2.18 bits per heavy atom. The Labute approximate surface area is 63.0 Å². The van der Waals surface area contributed by atoms with Crippen LogP contribution in [0.25, 0.3) is 10.4 Å². The molecule has 0 spiro atoms. The van der Waals surface area contributed by atoms with Crippen molar-refractivity contribution in [3.8, 4) is 0 Å². The van der Waals surface area contributed by atoms with E-state index in [1.165, 1.54) is 0 Å². The number of azide groups is 1. The topological polar surface area (TPSA) is 48.8 Å². The summed E-state index contributed by atoms with van der Waals surface area (Å²) in [4.78, 5) is 2.29. The first-order valence-electron chi connectivity index (χ1n) is 3.53. The highest BCUT2D eigenvalue weighted by Gasteiger charge is 2.36. The van der Waals surface area contributed by atoms with Crippen LogP contribution in [-0.2, 0) is 0 Å². The fraction of sp³-hybridized carbons (Fsp3) is 1.00. The van der Waals surface area contributed by atoms with Crippen molar-refractivity contribution in [2.45, 2.75) is 25.2 Å². The predicted octanol–water partition coefficient (Wildman–Crippen LogP) is 2.73. The Morgan fingerprint density at radius 1 is 1.55 bits per heavy atom. The highest BCUT2D eigenvalue weighted by atomic mass is 19.3. The molecule has 1 rings (SSSR count). The van der Waals surface area contributed by atoms with Crippen molar-refractivity contribution in [2.75, 3.05) is 6.54 Å². The first-order valence-corrected chi connectivity index (χ1v) is 3.53. The molecule has 1 saturated carbocycles. The van der Waals surface area contributed by atoms with E-state index in [1.54, 1.807) is 0 Å². The average molecular weight is 161 g/mol. The third-order valence-electron chi connectivity index (χ3n) is 1.65. The van der Waals surface area contributed by atoms with Crippen LogP contribution in [0.5, 0.6) is 0 Å². The lowest BCUT2D eigenvalue weighted by Crippen LogP contribution is -2.20. The number of nitrogens with zero attached hydrogens (tertiary/aromatic N) is 3. The van der Waals surface area contributed by atoms with Gasteiger partial charge in [0.15, 0.2) is 0 Å². The molecule has 11 heavy (non-hydrogen) atoms. The summed E-state index contributed by atoms with van der Waals surface area (Å²) in [6, 6.07) is 0. The molecule has 0 aromatic heterocycles. The van der Waals surface area contributed by atoms with Gasteiger partial charge < -0.3 is 0 Å². The number of hydrogen-bond acceptors (Lipinski definition) is 1. The third kappa shape index (κ3) is 3.18. The Balaban J connectivity index is 2.30. The maximum atomic E-state index is 12.6. The zero-order valence-electron chi connectivity index (χ0n) is 6.00. The van der Waals surface area contributed by atoms with Crippen molar-refractivity contribution in [3.05, 3.63) is 10.4 Å². The van der Waals surface area contributed by atoms with Gasteiger partial charge in [0.25, 0.3) is 5.92 Å². The second-order valence-corrected chi connectivity index (χ2v) is 2.89. The minimum atomic E-state index is -2.78. The molecule has 0 amide bonds. The normalized spacial score (nSPS) is 17.6. The minimum absolute atomic E-state index is 0.119. The van der Waals surface area contributed by atoms with Gasteiger partial charge in [-0.05, 0) is 24.3 Å². The average Bonchev–Trinajstić information content (AvgIpc) is 2.67. The summed E-state index contributed by atoms with van der Waals surface area (Å²) >= 11 is 0. The summed E-state index contributed by atoms with van der Waals surface area (Å²) in [5, 5.41) is 2.85. The summed E-state index contributed by atoms with van der Waals surface area (Å²) in [6.07, 6.45) is 1.67. The van der Waals surface area contributed by atoms with Gasteiger partial charge >= 0.3 is 0 Å². The van der Waals surface area contributed by atoms with E-state index in [4.69, 9.17) is 5.53 Å². The summed E-state index contributed by atoms with van der Waals surface area (Å²) in [7, 11) is 0. The van der Waals surface area contributed by atoms with E-state index >= 15 is 0 Å². The van der Waals surface area contributed by atoms with Crippen LogP contribution in [0.4, 0.5) is 8.78 Å². The summed E-state index contributed by atoms with van der Waals surface area (Å²) in [5.41, 5.74) is 7.80. The molecule has 0 saturated heterocycles. The molecular formula is C6H9F2N3. The molecule has 0 heterocycles. The summed E-state index contributed by atoms with van der Waals surface area (Å²) in [5.74, 6) is -2.62. The standard InChI is InChI=1S/C6H9F2N3/c7-6(8,4-10-11-9)3-5-1-2-5/h5H,1-4H2. The molecule has 0 aromatic rings. The molecule has 0 atom stereocenters. The van der Waals surface area contributed by atoms with Gasteiger partial charge in [-0.2, -0.15) is 0 Å². The quantitative estimate of drug-likeness (QED) is 0.346. The lowest BCUT2D eigenvalue weighted by molar-refractivity contribution is -0.00317.